The Hall–Kier alpha value is -0.0800. The van der Waals surface area contributed by atoms with Crippen molar-refractivity contribution >= 4 is 0 Å². The Morgan fingerprint density at radius 2 is 1.86 bits per heavy atom. The number of nitrogens with zero attached hydrogens (tertiary/aromatic N) is 1. The number of hydrogen-bond donors (Lipinski definition) is 1. The van der Waals surface area contributed by atoms with Crippen molar-refractivity contribution in [1.29, 1.82) is 0 Å². The normalized spacial score (nSPS) is 34.1. The zero-order valence-electron chi connectivity index (χ0n) is 9.50. The molecule has 14 heavy (non-hydrogen) atoms. The van der Waals surface area contributed by atoms with Gasteiger partial charge in [0.1, 0.15) is 0 Å². The summed E-state index contributed by atoms with van der Waals surface area (Å²) in [4.78, 5) is 2.65. The molecular weight excluding hydrogens is 174 g/mol. The molecular formula is C12H23NO. The van der Waals surface area contributed by atoms with Crippen LogP contribution in [0.5, 0.6) is 0 Å². The van der Waals surface area contributed by atoms with Crippen LogP contribution < -0.4 is 0 Å². The first-order chi connectivity index (χ1) is 6.66. The summed E-state index contributed by atoms with van der Waals surface area (Å²) in [5.41, 5.74) is 0.226. The Bertz CT molecular complexity index is 196. The summed E-state index contributed by atoms with van der Waals surface area (Å²) < 4.78 is 0. The van der Waals surface area contributed by atoms with Crippen molar-refractivity contribution in [2.75, 3.05) is 13.2 Å². The summed E-state index contributed by atoms with van der Waals surface area (Å²) in [7, 11) is 0. The van der Waals surface area contributed by atoms with Gasteiger partial charge in [-0.25, -0.2) is 0 Å². The van der Waals surface area contributed by atoms with Crippen molar-refractivity contribution in [2.24, 2.45) is 5.92 Å². The van der Waals surface area contributed by atoms with Crippen molar-refractivity contribution in [2.45, 2.75) is 57.5 Å². The topological polar surface area (TPSA) is 23.5 Å². The molecule has 1 saturated heterocycles. The average molecular weight is 197 g/mol. The van der Waals surface area contributed by atoms with Gasteiger partial charge in [0.25, 0.3) is 0 Å². The first-order valence-electron chi connectivity index (χ1n) is 6.04. The highest BCUT2D eigenvalue weighted by molar-refractivity contribution is 4.98. The van der Waals surface area contributed by atoms with Gasteiger partial charge in [-0.05, 0) is 39.7 Å². The lowest BCUT2D eigenvalue weighted by Crippen LogP contribution is -2.48. The first kappa shape index (κ1) is 10.4. The standard InChI is InChI=1S/C12H23NO/c1-12(2)10(9-14)7-8-13(12)11-5-3-4-6-11/h10-11,14H,3-9H2,1-2H3. The SMILES string of the molecule is CC1(C)C(CO)CCN1C1CCCC1. The molecule has 1 N–H and O–H groups in total. The minimum Gasteiger partial charge on any atom is -0.396 e. The van der Waals surface area contributed by atoms with E-state index in [2.05, 4.69) is 18.7 Å². The van der Waals surface area contributed by atoms with Crippen LogP contribution in [0.4, 0.5) is 0 Å². The first-order valence-corrected chi connectivity index (χ1v) is 6.04. The monoisotopic (exact) mass is 197 g/mol. The maximum absolute atomic E-state index is 9.34. The summed E-state index contributed by atoms with van der Waals surface area (Å²) in [6.07, 6.45) is 6.74. The maximum atomic E-state index is 9.34. The summed E-state index contributed by atoms with van der Waals surface area (Å²) in [5.74, 6) is 0.489. The molecule has 0 bridgehead atoms. The highest BCUT2D eigenvalue weighted by Gasteiger charge is 2.44. The van der Waals surface area contributed by atoms with E-state index in [1.807, 2.05) is 0 Å². The second-order valence-electron chi connectivity index (χ2n) is 5.45. The van der Waals surface area contributed by atoms with E-state index in [9.17, 15) is 5.11 Å². The van der Waals surface area contributed by atoms with Crippen molar-refractivity contribution in [3.63, 3.8) is 0 Å². The van der Waals surface area contributed by atoms with E-state index in [4.69, 9.17) is 0 Å². The van der Waals surface area contributed by atoms with Gasteiger partial charge in [0.05, 0.1) is 0 Å². The fourth-order valence-electron chi connectivity index (χ4n) is 3.35. The van der Waals surface area contributed by atoms with Crippen LogP contribution in [0.1, 0.15) is 46.0 Å². The van der Waals surface area contributed by atoms with Crippen LogP contribution in [0.2, 0.25) is 0 Å². The van der Waals surface area contributed by atoms with E-state index >= 15 is 0 Å². The second-order valence-corrected chi connectivity index (χ2v) is 5.45. The summed E-state index contributed by atoms with van der Waals surface area (Å²) >= 11 is 0. The van der Waals surface area contributed by atoms with Gasteiger partial charge in [-0.1, -0.05) is 12.8 Å². The summed E-state index contributed by atoms with van der Waals surface area (Å²) in [6, 6.07) is 0.807. The lowest BCUT2D eigenvalue weighted by atomic mass is 9.88. The van der Waals surface area contributed by atoms with Crippen LogP contribution in [-0.4, -0.2) is 34.7 Å². The molecule has 2 nitrogen and oxygen atoms in total. The fourth-order valence-corrected chi connectivity index (χ4v) is 3.35. The zero-order chi connectivity index (χ0) is 10.2. The Balaban J connectivity index is 2.05. The molecule has 2 heteroatoms. The molecule has 0 amide bonds. The van der Waals surface area contributed by atoms with Gasteiger partial charge in [0.2, 0.25) is 0 Å². The minimum absolute atomic E-state index is 0.226. The zero-order valence-corrected chi connectivity index (χ0v) is 9.50. The molecule has 0 aromatic heterocycles. The number of aliphatic hydroxyl groups excluding tert-OH is 1. The summed E-state index contributed by atoms with van der Waals surface area (Å²) in [6.45, 7) is 6.16. The molecule has 0 radical (unpaired) electrons. The molecule has 0 aromatic rings. The van der Waals surface area contributed by atoms with Crippen molar-refractivity contribution in [3.05, 3.63) is 0 Å². The minimum atomic E-state index is 0.226. The number of hydrogen-bond acceptors (Lipinski definition) is 2. The third-order valence-corrected chi connectivity index (χ3v) is 4.44. The molecule has 2 aliphatic rings. The lowest BCUT2D eigenvalue weighted by Gasteiger charge is -2.39. The van der Waals surface area contributed by atoms with Gasteiger partial charge < -0.3 is 5.11 Å². The van der Waals surface area contributed by atoms with E-state index in [1.165, 1.54) is 38.6 Å². The molecule has 0 spiro atoms. The van der Waals surface area contributed by atoms with E-state index in [1.54, 1.807) is 0 Å². The highest BCUT2D eigenvalue weighted by atomic mass is 16.3. The van der Waals surface area contributed by atoms with Crippen molar-refractivity contribution in [3.8, 4) is 0 Å². The Kier molecular flexibility index (Phi) is 2.85. The van der Waals surface area contributed by atoms with Gasteiger partial charge in [-0.15, -0.1) is 0 Å². The van der Waals surface area contributed by atoms with Crippen LogP contribution in [-0.2, 0) is 0 Å². The fraction of sp³-hybridized carbons (Fsp3) is 1.00. The molecule has 1 heterocycles. The Morgan fingerprint density at radius 1 is 1.21 bits per heavy atom. The lowest BCUT2D eigenvalue weighted by molar-refractivity contribution is 0.0673. The van der Waals surface area contributed by atoms with Crippen LogP contribution in [0.15, 0.2) is 0 Å². The Morgan fingerprint density at radius 3 is 2.36 bits per heavy atom. The maximum Gasteiger partial charge on any atom is 0.0477 e. The molecule has 0 aromatic carbocycles. The van der Waals surface area contributed by atoms with Crippen LogP contribution in [0, 0.1) is 5.92 Å². The van der Waals surface area contributed by atoms with Gasteiger partial charge in [0, 0.05) is 24.1 Å². The van der Waals surface area contributed by atoms with E-state index < -0.39 is 0 Å². The van der Waals surface area contributed by atoms with Gasteiger partial charge >= 0.3 is 0 Å². The van der Waals surface area contributed by atoms with E-state index in [0.29, 0.717) is 12.5 Å². The van der Waals surface area contributed by atoms with E-state index in [-0.39, 0.29) is 5.54 Å². The number of aliphatic hydroxyl groups is 1. The predicted octanol–water partition coefficient (Wildman–Crippen LogP) is 2.02. The molecule has 1 aliphatic heterocycles. The number of likely N-dealkylation sites (tertiary alicyclic amines) is 1. The second kappa shape index (κ2) is 3.82. The third kappa shape index (κ3) is 1.59. The largest absolute Gasteiger partial charge is 0.396 e. The smallest absolute Gasteiger partial charge is 0.0477 e. The number of rotatable bonds is 2. The molecule has 1 aliphatic carbocycles. The molecule has 1 saturated carbocycles. The third-order valence-electron chi connectivity index (χ3n) is 4.44. The highest BCUT2D eigenvalue weighted by Crippen LogP contribution is 2.39. The van der Waals surface area contributed by atoms with Crippen molar-refractivity contribution < 1.29 is 5.11 Å². The quantitative estimate of drug-likeness (QED) is 0.732. The predicted molar refractivity (Wildman–Crippen MR) is 58.2 cm³/mol. The summed E-state index contributed by atoms with van der Waals surface area (Å²) in [5, 5.41) is 9.34. The van der Waals surface area contributed by atoms with Gasteiger partial charge in [-0.3, -0.25) is 4.90 Å². The van der Waals surface area contributed by atoms with E-state index in [0.717, 1.165) is 6.04 Å². The molecule has 2 rings (SSSR count). The molecule has 2 fully saturated rings. The van der Waals surface area contributed by atoms with Gasteiger partial charge in [-0.2, -0.15) is 0 Å². The van der Waals surface area contributed by atoms with Crippen molar-refractivity contribution in [1.82, 2.24) is 4.90 Å². The molecule has 1 atom stereocenters. The van der Waals surface area contributed by atoms with Crippen LogP contribution in [0.3, 0.4) is 0 Å². The van der Waals surface area contributed by atoms with Gasteiger partial charge in [0.15, 0.2) is 0 Å². The Labute approximate surface area is 87.3 Å². The van der Waals surface area contributed by atoms with Crippen LogP contribution in [0.25, 0.3) is 0 Å². The van der Waals surface area contributed by atoms with Crippen LogP contribution >= 0.6 is 0 Å². The molecule has 82 valence electrons. The average Bonchev–Trinajstić information content (AvgIpc) is 2.71. The molecule has 1 unspecified atom stereocenters.